The fourth-order valence-corrected chi connectivity index (χ4v) is 2.33. The summed E-state index contributed by atoms with van der Waals surface area (Å²) < 4.78 is 15.7. The minimum atomic E-state index is -0.184. The Morgan fingerprint density at radius 1 is 1.24 bits per heavy atom. The summed E-state index contributed by atoms with van der Waals surface area (Å²) in [5.41, 5.74) is 6.18. The smallest absolute Gasteiger partial charge is 0.251 e. The third kappa shape index (κ3) is 3.39. The van der Waals surface area contributed by atoms with Crippen molar-refractivity contribution in [3.63, 3.8) is 0 Å². The molecule has 1 aromatic carbocycles. The van der Waals surface area contributed by atoms with Gasteiger partial charge in [0.1, 0.15) is 0 Å². The molecule has 0 aromatic heterocycles. The highest BCUT2D eigenvalue weighted by molar-refractivity contribution is 5.95. The molecular weight excluding hydrogens is 272 g/mol. The van der Waals surface area contributed by atoms with Gasteiger partial charge in [0.2, 0.25) is 5.75 Å². The maximum atomic E-state index is 12.4. The third-order valence-corrected chi connectivity index (χ3v) is 3.69. The number of carbonyl (C=O) groups is 1. The van der Waals surface area contributed by atoms with Crippen LogP contribution in [-0.4, -0.2) is 39.8 Å². The quantitative estimate of drug-likeness (QED) is 0.789. The van der Waals surface area contributed by atoms with Gasteiger partial charge in [-0.1, -0.05) is 0 Å². The Hall–Kier alpha value is -1.95. The van der Waals surface area contributed by atoms with Crippen LogP contribution in [0.4, 0.5) is 0 Å². The van der Waals surface area contributed by atoms with E-state index in [1.165, 1.54) is 21.3 Å². The second kappa shape index (κ2) is 6.67. The van der Waals surface area contributed by atoms with E-state index in [-0.39, 0.29) is 11.9 Å². The molecule has 1 fully saturated rings. The molecule has 0 aliphatic heterocycles. The van der Waals surface area contributed by atoms with E-state index < -0.39 is 0 Å². The number of benzene rings is 1. The second-order valence-corrected chi connectivity index (χ2v) is 5.07. The molecule has 0 heterocycles. The monoisotopic (exact) mass is 294 g/mol. The lowest BCUT2D eigenvalue weighted by molar-refractivity contribution is 0.0932. The molecule has 1 atom stereocenters. The minimum Gasteiger partial charge on any atom is -0.493 e. The van der Waals surface area contributed by atoms with E-state index in [9.17, 15) is 4.79 Å². The van der Waals surface area contributed by atoms with Crippen molar-refractivity contribution in [3.05, 3.63) is 17.7 Å². The molecule has 1 aliphatic carbocycles. The molecule has 1 aliphatic rings. The molecule has 1 unspecified atom stereocenters. The molecule has 3 N–H and O–H groups in total. The standard InChI is InChI=1S/C15H22N2O4/c1-19-12-6-10(7-13(20-2)14(12)21-3)15(18)17-11(8-16)9-4-5-9/h6-7,9,11H,4-5,8,16H2,1-3H3,(H,17,18). The number of nitrogens with one attached hydrogen (secondary N) is 1. The van der Waals surface area contributed by atoms with Crippen LogP contribution < -0.4 is 25.3 Å². The van der Waals surface area contributed by atoms with Crippen LogP contribution in [0.2, 0.25) is 0 Å². The predicted octanol–water partition coefficient (Wildman–Crippen LogP) is 1.18. The number of methoxy groups -OCH3 is 3. The van der Waals surface area contributed by atoms with Crippen LogP contribution in [0.1, 0.15) is 23.2 Å². The Kier molecular flexibility index (Phi) is 4.90. The number of amides is 1. The zero-order valence-electron chi connectivity index (χ0n) is 12.6. The van der Waals surface area contributed by atoms with Gasteiger partial charge in [0.25, 0.3) is 5.91 Å². The van der Waals surface area contributed by atoms with E-state index in [0.717, 1.165) is 12.8 Å². The van der Waals surface area contributed by atoms with Crippen molar-refractivity contribution in [3.8, 4) is 17.2 Å². The lowest BCUT2D eigenvalue weighted by Crippen LogP contribution is -2.41. The summed E-state index contributed by atoms with van der Waals surface area (Å²) in [6.45, 7) is 0.445. The summed E-state index contributed by atoms with van der Waals surface area (Å²) in [4.78, 5) is 12.4. The van der Waals surface area contributed by atoms with Crippen LogP contribution in [0, 0.1) is 5.92 Å². The Morgan fingerprint density at radius 2 is 1.81 bits per heavy atom. The molecule has 0 saturated heterocycles. The minimum absolute atomic E-state index is 0.0246. The topological polar surface area (TPSA) is 82.8 Å². The van der Waals surface area contributed by atoms with Crippen LogP contribution >= 0.6 is 0 Å². The van der Waals surface area contributed by atoms with E-state index in [1.54, 1.807) is 12.1 Å². The van der Waals surface area contributed by atoms with Crippen molar-refractivity contribution in [2.24, 2.45) is 11.7 Å². The maximum Gasteiger partial charge on any atom is 0.251 e. The van der Waals surface area contributed by atoms with E-state index in [2.05, 4.69) is 5.32 Å². The molecule has 21 heavy (non-hydrogen) atoms. The van der Waals surface area contributed by atoms with E-state index in [4.69, 9.17) is 19.9 Å². The highest BCUT2D eigenvalue weighted by Gasteiger charge is 2.31. The second-order valence-electron chi connectivity index (χ2n) is 5.07. The Bertz CT molecular complexity index is 489. The molecule has 0 bridgehead atoms. The summed E-state index contributed by atoms with van der Waals surface area (Å²) in [5.74, 6) is 1.70. The van der Waals surface area contributed by atoms with Crippen molar-refractivity contribution in [1.29, 1.82) is 0 Å². The Labute approximate surface area is 124 Å². The highest BCUT2D eigenvalue weighted by atomic mass is 16.5. The van der Waals surface area contributed by atoms with Crippen LogP contribution in [0.25, 0.3) is 0 Å². The number of rotatable bonds is 7. The van der Waals surface area contributed by atoms with E-state index in [1.807, 2.05) is 0 Å². The number of carbonyl (C=O) groups excluding carboxylic acids is 1. The Morgan fingerprint density at radius 3 is 2.19 bits per heavy atom. The van der Waals surface area contributed by atoms with Gasteiger partial charge in [0.15, 0.2) is 11.5 Å². The molecule has 6 nitrogen and oxygen atoms in total. The van der Waals surface area contributed by atoms with Crippen LogP contribution in [-0.2, 0) is 0 Å². The van der Waals surface area contributed by atoms with E-state index in [0.29, 0.717) is 35.3 Å². The van der Waals surface area contributed by atoms with Crippen LogP contribution in [0.15, 0.2) is 12.1 Å². The van der Waals surface area contributed by atoms with Gasteiger partial charge >= 0.3 is 0 Å². The average molecular weight is 294 g/mol. The molecule has 2 rings (SSSR count). The van der Waals surface area contributed by atoms with Crippen molar-refractivity contribution in [2.45, 2.75) is 18.9 Å². The van der Waals surface area contributed by atoms with Gasteiger partial charge in [-0.3, -0.25) is 4.79 Å². The number of nitrogens with two attached hydrogens (primary N) is 1. The molecule has 1 aromatic rings. The zero-order chi connectivity index (χ0) is 15.4. The predicted molar refractivity (Wildman–Crippen MR) is 79.1 cm³/mol. The first-order chi connectivity index (χ1) is 10.1. The number of ether oxygens (including phenoxy) is 3. The molecule has 6 heteroatoms. The van der Waals surface area contributed by atoms with Crippen LogP contribution in [0.5, 0.6) is 17.2 Å². The van der Waals surface area contributed by atoms with Crippen molar-refractivity contribution in [2.75, 3.05) is 27.9 Å². The first-order valence-corrected chi connectivity index (χ1v) is 6.95. The van der Waals surface area contributed by atoms with Crippen molar-refractivity contribution < 1.29 is 19.0 Å². The Balaban J connectivity index is 2.23. The number of hydrogen-bond donors (Lipinski definition) is 2. The van der Waals surface area contributed by atoms with Gasteiger partial charge in [0, 0.05) is 18.2 Å². The lowest BCUT2D eigenvalue weighted by Gasteiger charge is -2.18. The molecular formula is C15H22N2O4. The molecule has 1 amide bonds. The molecule has 0 radical (unpaired) electrons. The first kappa shape index (κ1) is 15.4. The average Bonchev–Trinajstić information content (AvgIpc) is 3.35. The van der Waals surface area contributed by atoms with Gasteiger partial charge in [0.05, 0.1) is 21.3 Å². The molecule has 116 valence electrons. The fraction of sp³-hybridized carbons (Fsp3) is 0.533. The van der Waals surface area contributed by atoms with Gasteiger partial charge in [-0.2, -0.15) is 0 Å². The fourth-order valence-electron chi connectivity index (χ4n) is 2.33. The zero-order valence-corrected chi connectivity index (χ0v) is 12.6. The SMILES string of the molecule is COc1cc(C(=O)NC(CN)C2CC2)cc(OC)c1OC. The van der Waals surface area contributed by atoms with Gasteiger partial charge in [-0.05, 0) is 30.9 Å². The summed E-state index contributed by atoms with van der Waals surface area (Å²) in [6, 6.07) is 3.30. The highest BCUT2D eigenvalue weighted by Crippen LogP contribution is 2.38. The third-order valence-electron chi connectivity index (χ3n) is 3.69. The lowest BCUT2D eigenvalue weighted by atomic mass is 10.1. The largest absolute Gasteiger partial charge is 0.493 e. The summed E-state index contributed by atoms with van der Waals surface area (Å²) in [7, 11) is 4.56. The molecule has 0 spiro atoms. The normalized spacial score (nSPS) is 15.2. The molecule has 1 saturated carbocycles. The van der Waals surface area contributed by atoms with Crippen LogP contribution in [0.3, 0.4) is 0 Å². The van der Waals surface area contributed by atoms with Crippen molar-refractivity contribution in [1.82, 2.24) is 5.32 Å². The van der Waals surface area contributed by atoms with Crippen molar-refractivity contribution >= 4 is 5.91 Å². The summed E-state index contributed by atoms with van der Waals surface area (Å²) >= 11 is 0. The van der Waals surface area contributed by atoms with E-state index >= 15 is 0 Å². The first-order valence-electron chi connectivity index (χ1n) is 6.95. The van der Waals surface area contributed by atoms with Gasteiger partial charge in [-0.25, -0.2) is 0 Å². The number of hydrogen-bond acceptors (Lipinski definition) is 5. The van der Waals surface area contributed by atoms with Gasteiger partial charge < -0.3 is 25.3 Å². The van der Waals surface area contributed by atoms with Gasteiger partial charge in [-0.15, -0.1) is 0 Å². The summed E-state index contributed by atoms with van der Waals surface area (Å²) in [6.07, 6.45) is 2.24. The maximum absolute atomic E-state index is 12.4. The summed E-state index contributed by atoms with van der Waals surface area (Å²) in [5, 5.41) is 2.97.